The number of benzene rings is 2. The standard InChI is InChI=1S/C17H18ClNO/c1-2-3-4-12-5-7-13(8-6-12)17(20)15-11-14(19)9-10-16(15)18/h5-11H,2-4,19H2,1H3. The molecule has 2 N–H and O–H groups in total. The van der Waals surface area contributed by atoms with Gasteiger partial charge in [0.2, 0.25) is 0 Å². The quantitative estimate of drug-likeness (QED) is 0.650. The Hall–Kier alpha value is -1.80. The number of aryl methyl sites for hydroxylation is 1. The molecule has 0 saturated heterocycles. The lowest BCUT2D eigenvalue weighted by Crippen LogP contribution is -2.03. The van der Waals surface area contributed by atoms with Crippen molar-refractivity contribution in [2.24, 2.45) is 0 Å². The third-order valence-corrected chi connectivity index (χ3v) is 3.60. The lowest BCUT2D eigenvalue weighted by molar-refractivity contribution is 0.103. The van der Waals surface area contributed by atoms with Gasteiger partial charge in [-0.1, -0.05) is 49.2 Å². The van der Waals surface area contributed by atoms with E-state index >= 15 is 0 Å². The van der Waals surface area contributed by atoms with Crippen molar-refractivity contribution < 1.29 is 4.79 Å². The molecular weight excluding hydrogens is 270 g/mol. The van der Waals surface area contributed by atoms with Crippen LogP contribution in [0.1, 0.15) is 41.3 Å². The first kappa shape index (κ1) is 14.6. The molecule has 0 spiro atoms. The summed E-state index contributed by atoms with van der Waals surface area (Å²) in [6.07, 6.45) is 3.37. The number of hydrogen-bond acceptors (Lipinski definition) is 2. The van der Waals surface area contributed by atoms with Gasteiger partial charge in [-0.05, 0) is 36.6 Å². The Labute approximate surface area is 124 Å². The zero-order chi connectivity index (χ0) is 14.5. The van der Waals surface area contributed by atoms with Crippen molar-refractivity contribution >= 4 is 23.1 Å². The van der Waals surface area contributed by atoms with Crippen LogP contribution < -0.4 is 5.73 Å². The van der Waals surface area contributed by atoms with E-state index in [2.05, 4.69) is 6.92 Å². The van der Waals surface area contributed by atoms with Crippen molar-refractivity contribution in [3.8, 4) is 0 Å². The molecule has 0 bridgehead atoms. The topological polar surface area (TPSA) is 43.1 Å². The molecule has 0 saturated carbocycles. The number of unbranched alkanes of at least 4 members (excludes halogenated alkanes) is 1. The van der Waals surface area contributed by atoms with Crippen LogP contribution >= 0.6 is 11.6 Å². The number of nitrogens with two attached hydrogens (primary N) is 1. The average Bonchev–Trinajstić information content (AvgIpc) is 2.47. The van der Waals surface area contributed by atoms with E-state index in [1.54, 1.807) is 18.2 Å². The lowest BCUT2D eigenvalue weighted by atomic mass is 10.00. The van der Waals surface area contributed by atoms with Gasteiger partial charge in [-0.25, -0.2) is 0 Å². The minimum absolute atomic E-state index is 0.0932. The number of ketones is 1. The van der Waals surface area contributed by atoms with E-state index < -0.39 is 0 Å². The summed E-state index contributed by atoms with van der Waals surface area (Å²) in [7, 11) is 0. The SMILES string of the molecule is CCCCc1ccc(C(=O)c2cc(N)ccc2Cl)cc1. The van der Waals surface area contributed by atoms with Crippen molar-refractivity contribution in [3.63, 3.8) is 0 Å². The maximum absolute atomic E-state index is 12.4. The molecule has 104 valence electrons. The summed E-state index contributed by atoms with van der Waals surface area (Å²) in [6, 6.07) is 12.7. The van der Waals surface area contributed by atoms with Gasteiger partial charge < -0.3 is 5.73 Å². The van der Waals surface area contributed by atoms with Gasteiger partial charge in [0.25, 0.3) is 0 Å². The molecule has 0 unspecified atom stereocenters. The van der Waals surface area contributed by atoms with Crippen molar-refractivity contribution in [2.75, 3.05) is 5.73 Å². The van der Waals surface area contributed by atoms with Gasteiger partial charge in [0.15, 0.2) is 5.78 Å². The van der Waals surface area contributed by atoms with Gasteiger partial charge in [0, 0.05) is 16.8 Å². The maximum Gasteiger partial charge on any atom is 0.194 e. The van der Waals surface area contributed by atoms with E-state index in [1.165, 1.54) is 12.0 Å². The summed E-state index contributed by atoms with van der Waals surface area (Å²) in [5.41, 5.74) is 8.59. The van der Waals surface area contributed by atoms with E-state index in [4.69, 9.17) is 17.3 Å². The summed E-state index contributed by atoms with van der Waals surface area (Å²) in [4.78, 5) is 12.4. The van der Waals surface area contributed by atoms with Crippen LogP contribution in [0.2, 0.25) is 5.02 Å². The number of carbonyl (C=O) groups is 1. The van der Waals surface area contributed by atoms with Gasteiger partial charge in [0.1, 0.15) is 0 Å². The predicted molar refractivity (Wildman–Crippen MR) is 84.4 cm³/mol. The Kier molecular flexibility index (Phi) is 4.80. The highest BCUT2D eigenvalue weighted by molar-refractivity contribution is 6.35. The second kappa shape index (κ2) is 6.58. The largest absolute Gasteiger partial charge is 0.399 e. The normalized spacial score (nSPS) is 10.5. The van der Waals surface area contributed by atoms with Crippen molar-refractivity contribution in [1.82, 2.24) is 0 Å². The van der Waals surface area contributed by atoms with E-state index in [0.717, 1.165) is 12.8 Å². The summed E-state index contributed by atoms with van der Waals surface area (Å²) >= 11 is 6.06. The zero-order valence-corrected chi connectivity index (χ0v) is 12.3. The smallest absolute Gasteiger partial charge is 0.194 e. The molecule has 3 heteroatoms. The molecule has 0 aromatic heterocycles. The van der Waals surface area contributed by atoms with Crippen LogP contribution in [0, 0.1) is 0 Å². The fourth-order valence-corrected chi connectivity index (χ4v) is 2.28. The van der Waals surface area contributed by atoms with Crippen LogP contribution in [-0.4, -0.2) is 5.78 Å². The van der Waals surface area contributed by atoms with Crippen LogP contribution in [0.5, 0.6) is 0 Å². The molecule has 0 amide bonds. The van der Waals surface area contributed by atoms with E-state index in [9.17, 15) is 4.79 Å². The predicted octanol–water partition coefficient (Wildman–Crippen LogP) is 4.50. The Morgan fingerprint density at radius 1 is 1.15 bits per heavy atom. The number of hydrogen-bond donors (Lipinski definition) is 1. The molecule has 2 rings (SSSR count). The summed E-state index contributed by atoms with van der Waals surface area (Å²) in [6.45, 7) is 2.17. The molecule has 2 nitrogen and oxygen atoms in total. The number of nitrogen functional groups attached to an aromatic ring is 1. The summed E-state index contributed by atoms with van der Waals surface area (Å²) in [5, 5.41) is 0.430. The highest BCUT2D eigenvalue weighted by Gasteiger charge is 2.13. The van der Waals surface area contributed by atoms with Gasteiger partial charge in [-0.15, -0.1) is 0 Å². The summed E-state index contributed by atoms with van der Waals surface area (Å²) in [5.74, 6) is -0.0932. The van der Waals surface area contributed by atoms with Crippen LogP contribution in [0.25, 0.3) is 0 Å². The van der Waals surface area contributed by atoms with Crippen LogP contribution in [-0.2, 0) is 6.42 Å². The number of carbonyl (C=O) groups excluding carboxylic acids is 1. The first-order valence-electron chi connectivity index (χ1n) is 6.80. The second-order valence-electron chi connectivity index (χ2n) is 4.87. The monoisotopic (exact) mass is 287 g/mol. The molecule has 2 aromatic carbocycles. The minimum Gasteiger partial charge on any atom is -0.399 e. The summed E-state index contributed by atoms with van der Waals surface area (Å²) < 4.78 is 0. The number of anilines is 1. The van der Waals surface area contributed by atoms with Crippen molar-refractivity contribution in [3.05, 3.63) is 64.2 Å². The molecule has 0 aliphatic heterocycles. The molecule has 0 fully saturated rings. The van der Waals surface area contributed by atoms with Crippen molar-refractivity contribution in [2.45, 2.75) is 26.2 Å². The highest BCUT2D eigenvalue weighted by atomic mass is 35.5. The second-order valence-corrected chi connectivity index (χ2v) is 5.28. The molecular formula is C17H18ClNO. The Bertz CT molecular complexity index is 605. The Morgan fingerprint density at radius 3 is 2.50 bits per heavy atom. The highest BCUT2D eigenvalue weighted by Crippen LogP contribution is 2.22. The number of halogens is 1. The van der Waals surface area contributed by atoms with Gasteiger partial charge >= 0.3 is 0 Å². The molecule has 20 heavy (non-hydrogen) atoms. The Balaban J connectivity index is 2.22. The lowest BCUT2D eigenvalue weighted by Gasteiger charge is -2.06. The molecule has 0 aliphatic carbocycles. The Morgan fingerprint density at radius 2 is 1.85 bits per heavy atom. The van der Waals surface area contributed by atoms with Gasteiger partial charge in [-0.3, -0.25) is 4.79 Å². The van der Waals surface area contributed by atoms with Crippen LogP contribution in [0.4, 0.5) is 5.69 Å². The number of rotatable bonds is 5. The minimum atomic E-state index is -0.0932. The van der Waals surface area contributed by atoms with Crippen molar-refractivity contribution in [1.29, 1.82) is 0 Å². The molecule has 2 aromatic rings. The fraction of sp³-hybridized carbons (Fsp3) is 0.235. The fourth-order valence-electron chi connectivity index (χ4n) is 2.08. The van der Waals surface area contributed by atoms with Gasteiger partial charge in [-0.2, -0.15) is 0 Å². The van der Waals surface area contributed by atoms with Crippen LogP contribution in [0.15, 0.2) is 42.5 Å². The van der Waals surface area contributed by atoms with E-state index in [1.807, 2.05) is 24.3 Å². The first-order chi connectivity index (χ1) is 9.61. The molecule has 0 aliphatic rings. The van der Waals surface area contributed by atoms with E-state index in [0.29, 0.717) is 21.8 Å². The van der Waals surface area contributed by atoms with E-state index in [-0.39, 0.29) is 5.78 Å². The molecule has 0 atom stereocenters. The van der Waals surface area contributed by atoms with Gasteiger partial charge in [0.05, 0.1) is 5.02 Å². The molecule has 0 radical (unpaired) electrons. The zero-order valence-electron chi connectivity index (χ0n) is 11.5. The van der Waals surface area contributed by atoms with Crippen LogP contribution in [0.3, 0.4) is 0 Å². The third kappa shape index (κ3) is 3.40. The third-order valence-electron chi connectivity index (χ3n) is 3.27. The maximum atomic E-state index is 12.4. The molecule has 0 heterocycles. The average molecular weight is 288 g/mol. The first-order valence-corrected chi connectivity index (χ1v) is 7.18.